The minimum Gasteiger partial charge on any atom is -0.481 e. The van der Waals surface area contributed by atoms with Gasteiger partial charge < -0.3 is 10.8 Å². The largest absolute Gasteiger partial charge is 0.481 e. The molecule has 3 N–H and O–H groups in total. The van der Waals surface area contributed by atoms with Gasteiger partial charge in [-0.3, -0.25) is 4.79 Å². The van der Waals surface area contributed by atoms with Crippen LogP contribution in [0.2, 0.25) is 0 Å². The number of carboxylic acid groups (broad SMARTS) is 1. The van der Waals surface area contributed by atoms with E-state index in [4.69, 9.17) is 10.8 Å². The summed E-state index contributed by atoms with van der Waals surface area (Å²) >= 11 is 3.27. The second-order valence-electron chi connectivity index (χ2n) is 2.68. The lowest BCUT2D eigenvalue weighted by Gasteiger charge is -2.09. The van der Waals surface area contributed by atoms with Gasteiger partial charge >= 0.3 is 5.97 Å². The molecule has 0 aliphatic carbocycles. The topological polar surface area (TPSA) is 63.3 Å². The van der Waals surface area contributed by atoms with Crippen molar-refractivity contribution < 1.29 is 9.90 Å². The Morgan fingerprint density at radius 2 is 2.00 bits per heavy atom. The molecule has 1 aromatic rings. The lowest BCUT2D eigenvalue weighted by atomic mass is 10.00. The lowest BCUT2D eigenvalue weighted by molar-refractivity contribution is -0.138. The minimum absolute atomic E-state index is 0.122. The number of halogens is 1. The number of nitrogens with two attached hydrogens (primary N) is 1. The number of aliphatic carboxylic acids is 1. The van der Waals surface area contributed by atoms with Crippen LogP contribution in [-0.4, -0.2) is 17.6 Å². The highest BCUT2D eigenvalue weighted by Crippen LogP contribution is 2.17. The molecule has 0 spiro atoms. The van der Waals surface area contributed by atoms with E-state index in [1.54, 1.807) is 24.3 Å². The average molecular weight is 244 g/mol. The van der Waals surface area contributed by atoms with Crippen molar-refractivity contribution in [2.45, 2.75) is 5.92 Å². The third-order valence-corrected chi connectivity index (χ3v) is 2.33. The first-order chi connectivity index (χ1) is 6.15. The number of hydrogen-bond acceptors (Lipinski definition) is 2. The Labute approximate surface area is 84.7 Å². The molecule has 1 aromatic carbocycles. The highest BCUT2D eigenvalue weighted by atomic mass is 79.9. The molecule has 3 nitrogen and oxygen atoms in total. The molecule has 1 atom stereocenters. The SMILES string of the molecule is NC[C@H](C(=O)O)c1ccc(Br)cc1. The van der Waals surface area contributed by atoms with E-state index in [9.17, 15) is 4.79 Å². The first-order valence-corrected chi connectivity index (χ1v) is 4.62. The molecule has 0 radical (unpaired) electrons. The first-order valence-electron chi connectivity index (χ1n) is 3.83. The molecular weight excluding hydrogens is 234 g/mol. The quantitative estimate of drug-likeness (QED) is 0.848. The molecule has 0 fully saturated rings. The van der Waals surface area contributed by atoms with Crippen molar-refractivity contribution in [3.8, 4) is 0 Å². The Morgan fingerprint density at radius 1 is 1.46 bits per heavy atom. The van der Waals surface area contributed by atoms with E-state index in [0.29, 0.717) is 0 Å². The van der Waals surface area contributed by atoms with Crippen LogP contribution in [-0.2, 0) is 4.79 Å². The first kappa shape index (κ1) is 10.2. The van der Waals surface area contributed by atoms with Crippen LogP contribution in [0.5, 0.6) is 0 Å². The zero-order chi connectivity index (χ0) is 9.84. The molecule has 0 heterocycles. The van der Waals surface area contributed by atoms with Crippen LogP contribution in [0.15, 0.2) is 28.7 Å². The summed E-state index contributed by atoms with van der Waals surface area (Å²) in [6.07, 6.45) is 0. The molecule has 4 heteroatoms. The van der Waals surface area contributed by atoms with Crippen molar-refractivity contribution in [1.29, 1.82) is 0 Å². The van der Waals surface area contributed by atoms with E-state index in [0.717, 1.165) is 10.0 Å². The zero-order valence-electron chi connectivity index (χ0n) is 6.90. The molecule has 0 aliphatic rings. The van der Waals surface area contributed by atoms with Gasteiger partial charge in [-0.15, -0.1) is 0 Å². The van der Waals surface area contributed by atoms with Crippen LogP contribution < -0.4 is 5.73 Å². The maximum atomic E-state index is 10.7. The molecule has 0 saturated heterocycles. The predicted octanol–water partition coefficient (Wildman–Crippen LogP) is 1.58. The fourth-order valence-electron chi connectivity index (χ4n) is 1.07. The second kappa shape index (κ2) is 4.39. The van der Waals surface area contributed by atoms with Crippen LogP contribution in [0.3, 0.4) is 0 Å². The van der Waals surface area contributed by atoms with E-state index in [1.165, 1.54) is 0 Å². The fraction of sp³-hybridized carbons (Fsp3) is 0.222. The molecule has 70 valence electrons. The number of carboxylic acids is 1. The van der Waals surface area contributed by atoms with Gasteiger partial charge in [0.05, 0.1) is 5.92 Å². The van der Waals surface area contributed by atoms with Crippen molar-refractivity contribution >= 4 is 21.9 Å². The van der Waals surface area contributed by atoms with E-state index < -0.39 is 11.9 Å². The third-order valence-electron chi connectivity index (χ3n) is 1.81. The van der Waals surface area contributed by atoms with Crippen molar-refractivity contribution in [3.05, 3.63) is 34.3 Å². The van der Waals surface area contributed by atoms with Gasteiger partial charge in [-0.1, -0.05) is 28.1 Å². The predicted molar refractivity (Wildman–Crippen MR) is 53.6 cm³/mol. The summed E-state index contributed by atoms with van der Waals surface area (Å²) in [6.45, 7) is 0.122. The highest BCUT2D eigenvalue weighted by molar-refractivity contribution is 9.10. The van der Waals surface area contributed by atoms with E-state index >= 15 is 0 Å². The number of rotatable bonds is 3. The second-order valence-corrected chi connectivity index (χ2v) is 3.59. The Morgan fingerprint density at radius 3 is 2.38 bits per heavy atom. The molecule has 1 rings (SSSR count). The van der Waals surface area contributed by atoms with Gasteiger partial charge in [0, 0.05) is 11.0 Å². The van der Waals surface area contributed by atoms with Crippen LogP contribution in [0.1, 0.15) is 11.5 Å². The highest BCUT2D eigenvalue weighted by Gasteiger charge is 2.16. The normalized spacial score (nSPS) is 12.5. The maximum absolute atomic E-state index is 10.7. The van der Waals surface area contributed by atoms with Crippen molar-refractivity contribution in [2.24, 2.45) is 5.73 Å². The molecule has 13 heavy (non-hydrogen) atoms. The van der Waals surface area contributed by atoms with Crippen LogP contribution in [0.25, 0.3) is 0 Å². The average Bonchev–Trinajstić information content (AvgIpc) is 2.09. The van der Waals surface area contributed by atoms with Gasteiger partial charge in [0.25, 0.3) is 0 Å². The summed E-state index contributed by atoms with van der Waals surface area (Å²) in [5.41, 5.74) is 6.09. The summed E-state index contributed by atoms with van der Waals surface area (Å²) in [5, 5.41) is 8.80. The molecule has 0 aliphatic heterocycles. The maximum Gasteiger partial charge on any atom is 0.312 e. The van der Waals surface area contributed by atoms with Crippen molar-refractivity contribution in [1.82, 2.24) is 0 Å². The van der Waals surface area contributed by atoms with Crippen LogP contribution in [0.4, 0.5) is 0 Å². The monoisotopic (exact) mass is 243 g/mol. The number of benzene rings is 1. The Bertz CT molecular complexity index is 297. The summed E-state index contributed by atoms with van der Waals surface area (Å²) in [7, 11) is 0. The van der Waals surface area contributed by atoms with Crippen molar-refractivity contribution in [3.63, 3.8) is 0 Å². The van der Waals surface area contributed by atoms with Gasteiger partial charge in [-0.05, 0) is 17.7 Å². The fourth-order valence-corrected chi connectivity index (χ4v) is 1.34. The standard InChI is InChI=1S/C9H10BrNO2/c10-7-3-1-6(2-4-7)8(5-11)9(12)13/h1-4,8H,5,11H2,(H,12,13)/t8-/m0/s1. The summed E-state index contributed by atoms with van der Waals surface area (Å²) in [4.78, 5) is 10.7. The zero-order valence-corrected chi connectivity index (χ0v) is 8.49. The Kier molecular flexibility index (Phi) is 3.45. The van der Waals surface area contributed by atoms with E-state index in [1.807, 2.05) is 0 Å². The summed E-state index contributed by atoms with van der Waals surface area (Å²) < 4.78 is 0.928. The van der Waals surface area contributed by atoms with Gasteiger partial charge in [0.2, 0.25) is 0 Å². The van der Waals surface area contributed by atoms with Crippen LogP contribution in [0, 0.1) is 0 Å². The number of hydrogen-bond donors (Lipinski definition) is 2. The van der Waals surface area contributed by atoms with E-state index in [2.05, 4.69) is 15.9 Å². The summed E-state index contributed by atoms with van der Waals surface area (Å²) in [5.74, 6) is -1.49. The summed E-state index contributed by atoms with van der Waals surface area (Å²) in [6, 6.07) is 7.13. The van der Waals surface area contributed by atoms with Crippen molar-refractivity contribution in [2.75, 3.05) is 6.54 Å². The lowest BCUT2D eigenvalue weighted by Crippen LogP contribution is -2.20. The third kappa shape index (κ3) is 2.54. The molecule has 0 bridgehead atoms. The molecule has 0 amide bonds. The Hall–Kier alpha value is -0.870. The molecular formula is C9H10BrNO2. The smallest absolute Gasteiger partial charge is 0.312 e. The number of carbonyl (C=O) groups is 1. The van der Waals surface area contributed by atoms with Gasteiger partial charge in [-0.2, -0.15) is 0 Å². The molecule has 0 unspecified atom stereocenters. The minimum atomic E-state index is -0.884. The van der Waals surface area contributed by atoms with Gasteiger partial charge in [-0.25, -0.2) is 0 Å². The van der Waals surface area contributed by atoms with Gasteiger partial charge in [0.15, 0.2) is 0 Å². The van der Waals surface area contributed by atoms with E-state index in [-0.39, 0.29) is 6.54 Å². The van der Waals surface area contributed by atoms with Crippen LogP contribution >= 0.6 is 15.9 Å². The van der Waals surface area contributed by atoms with Gasteiger partial charge in [0.1, 0.15) is 0 Å². The Balaban J connectivity index is 2.92. The molecule has 0 saturated carbocycles. The molecule has 0 aromatic heterocycles.